The fraction of sp³-hybridized carbons (Fsp3) is 0.364. The van der Waals surface area contributed by atoms with E-state index >= 15 is 0 Å². The second-order valence-electron chi connectivity index (χ2n) is 7.87. The van der Waals surface area contributed by atoms with Crippen LogP contribution in [0.25, 0.3) is 0 Å². The van der Waals surface area contributed by atoms with Crippen molar-refractivity contribution < 1.29 is 33.0 Å². The Bertz CT molecular complexity index is 1150. The normalized spacial score (nSPS) is 14.7. The number of phenols is 2. The Hall–Kier alpha value is -3.47. The number of phenolic OH excluding ortho intramolecular Hbond substituents is 2. The molecule has 33 heavy (non-hydrogen) atoms. The number of hydrogen-bond donors (Lipinski definition) is 3. The van der Waals surface area contributed by atoms with Gasteiger partial charge < -0.3 is 19.8 Å². The minimum Gasteiger partial charge on any atom is -0.507 e. The molecule has 0 atom stereocenters. The van der Waals surface area contributed by atoms with Crippen LogP contribution in [0.1, 0.15) is 35.2 Å². The number of carbonyl (C=O) groups is 2. The SMILES string of the molecule is CN(C)C(=O)c1c(O)cccc1OCCCCCc1ccc(O)c(N2CC(=O)NS2(=O)=O)c1. The Labute approximate surface area is 192 Å². The van der Waals surface area contributed by atoms with Gasteiger partial charge in [-0.1, -0.05) is 12.1 Å². The fourth-order valence-corrected chi connectivity index (χ4v) is 4.61. The topological polar surface area (TPSA) is 136 Å². The van der Waals surface area contributed by atoms with Gasteiger partial charge in [-0.3, -0.25) is 9.59 Å². The molecule has 0 bridgehead atoms. The number of nitrogens with zero attached hydrogens (tertiary/aromatic N) is 2. The van der Waals surface area contributed by atoms with Gasteiger partial charge >= 0.3 is 10.2 Å². The fourth-order valence-electron chi connectivity index (χ4n) is 3.45. The Morgan fingerprint density at radius 1 is 1.12 bits per heavy atom. The number of ether oxygens (including phenoxy) is 1. The van der Waals surface area contributed by atoms with Crippen LogP contribution in [-0.2, 0) is 21.4 Å². The van der Waals surface area contributed by atoms with E-state index in [-0.39, 0.29) is 35.2 Å². The first kappa shape index (κ1) is 24.2. The molecule has 2 aromatic carbocycles. The van der Waals surface area contributed by atoms with Crippen molar-refractivity contribution in [2.24, 2.45) is 0 Å². The number of benzene rings is 2. The van der Waals surface area contributed by atoms with Gasteiger partial charge in [0.1, 0.15) is 29.4 Å². The zero-order valence-electron chi connectivity index (χ0n) is 18.4. The van der Waals surface area contributed by atoms with Crippen molar-refractivity contribution >= 4 is 27.7 Å². The summed E-state index contributed by atoms with van der Waals surface area (Å²) in [5.74, 6) is -1.02. The van der Waals surface area contributed by atoms with E-state index in [4.69, 9.17) is 4.74 Å². The lowest BCUT2D eigenvalue weighted by Crippen LogP contribution is -2.29. The van der Waals surface area contributed by atoms with E-state index in [9.17, 15) is 28.2 Å². The van der Waals surface area contributed by atoms with Crippen molar-refractivity contribution in [3.05, 3.63) is 47.5 Å². The zero-order valence-corrected chi connectivity index (χ0v) is 19.3. The number of unbranched alkanes of at least 4 members (excludes halogenated alkanes) is 2. The van der Waals surface area contributed by atoms with Crippen molar-refractivity contribution in [3.63, 3.8) is 0 Å². The lowest BCUT2D eigenvalue weighted by molar-refractivity contribution is -0.117. The van der Waals surface area contributed by atoms with E-state index in [0.29, 0.717) is 25.2 Å². The molecule has 2 aromatic rings. The number of anilines is 1. The first-order valence-corrected chi connectivity index (χ1v) is 11.9. The monoisotopic (exact) mass is 477 g/mol. The van der Waals surface area contributed by atoms with Crippen LogP contribution in [0.4, 0.5) is 5.69 Å². The van der Waals surface area contributed by atoms with Crippen LogP contribution in [0, 0.1) is 0 Å². The maximum atomic E-state index is 12.3. The summed E-state index contributed by atoms with van der Waals surface area (Å²) in [6.45, 7) is -0.0121. The van der Waals surface area contributed by atoms with Gasteiger partial charge in [0.25, 0.3) is 11.8 Å². The highest BCUT2D eigenvalue weighted by molar-refractivity contribution is 7.92. The number of amides is 2. The quantitative estimate of drug-likeness (QED) is 0.468. The van der Waals surface area contributed by atoms with Crippen LogP contribution >= 0.6 is 0 Å². The van der Waals surface area contributed by atoms with Crippen LogP contribution < -0.4 is 13.8 Å². The van der Waals surface area contributed by atoms with Crippen LogP contribution in [-0.4, -0.2) is 62.6 Å². The number of carbonyl (C=O) groups excluding carboxylic acids is 2. The van der Waals surface area contributed by atoms with Gasteiger partial charge in [-0.2, -0.15) is 8.42 Å². The molecule has 1 aliphatic rings. The van der Waals surface area contributed by atoms with Gasteiger partial charge in [0.15, 0.2) is 0 Å². The Balaban J connectivity index is 1.53. The maximum absolute atomic E-state index is 12.3. The summed E-state index contributed by atoms with van der Waals surface area (Å²) in [5, 5.41) is 20.1. The predicted molar refractivity (Wildman–Crippen MR) is 122 cm³/mol. The molecule has 11 heteroatoms. The summed E-state index contributed by atoms with van der Waals surface area (Å²) in [6.07, 6.45) is 2.92. The van der Waals surface area contributed by atoms with E-state index < -0.39 is 16.1 Å². The lowest BCUT2D eigenvalue weighted by atomic mass is 10.1. The smallest absolute Gasteiger partial charge is 0.326 e. The lowest BCUT2D eigenvalue weighted by Gasteiger charge is -2.17. The van der Waals surface area contributed by atoms with E-state index in [1.54, 1.807) is 38.4 Å². The average molecular weight is 478 g/mol. The number of aromatic hydroxyl groups is 2. The molecule has 1 fully saturated rings. The maximum Gasteiger partial charge on any atom is 0.326 e. The van der Waals surface area contributed by atoms with Crippen LogP contribution in [0.3, 0.4) is 0 Å². The molecule has 3 N–H and O–H groups in total. The standard InChI is InChI=1S/C22H27N3O7S/c1-24(2)22(29)21-18(27)8-6-9-19(21)32-12-5-3-4-7-15-10-11-17(26)16(13-15)25-14-20(28)23-33(25,30)31/h6,8-11,13,26-27H,3-5,7,12,14H2,1-2H3,(H,23,28). The number of rotatable bonds is 9. The molecule has 0 radical (unpaired) electrons. The van der Waals surface area contributed by atoms with Crippen LogP contribution in [0.2, 0.25) is 0 Å². The minimum atomic E-state index is -3.99. The molecule has 0 spiro atoms. The number of nitrogens with one attached hydrogen (secondary N) is 1. The highest BCUT2D eigenvalue weighted by Crippen LogP contribution is 2.32. The first-order chi connectivity index (χ1) is 15.6. The molecular weight excluding hydrogens is 450 g/mol. The van der Waals surface area contributed by atoms with E-state index in [1.165, 1.54) is 17.0 Å². The third kappa shape index (κ3) is 5.67. The summed E-state index contributed by atoms with van der Waals surface area (Å²) in [6, 6.07) is 9.38. The number of hydrogen-bond acceptors (Lipinski definition) is 7. The molecular formula is C22H27N3O7S. The zero-order chi connectivity index (χ0) is 24.2. The second-order valence-corrected chi connectivity index (χ2v) is 9.46. The van der Waals surface area contributed by atoms with Crippen LogP contribution in [0.5, 0.6) is 17.2 Å². The van der Waals surface area contributed by atoms with Crippen molar-refractivity contribution in [1.29, 1.82) is 0 Å². The average Bonchev–Trinajstić information content (AvgIpc) is 3.02. The highest BCUT2D eigenvalue weighted by Gasteiger charge is 2.35. The summed E-state index contributed by atoms with van der Waals surface area (Å²) < 4.78 is 32.5. The van der Waals surface area contributed by atoms with E-state index in [2.05, 4.69) is 0 Å². The second kappa shape index (κ2) is 9.99. The third-order valence-electron chi connectivity index (χ3n) is 5.12. The molecule has 10 nitrogen and oxygen atoms in total. The number of aryl methyl sites for hydroxylation is 1. The van der Waals surface area contributed by atoms with Gasteiger partial charge in [0.2, 0.25) is 0 Å². The molecule has 3 rings (SSSR count). The van der Waals surface area contributed by atoms with Gasteiger partial charge in [0.05, 0.1) is 12.3 Å². The molecule has 0 saturated carbocycles. The van der Waals surface area contributed by atoms with Crippen molar-refractivity contribution in [3.8, 4) is 17.2 Å². The molecule has 1 saturated heterocycles. The van der Waals surface area contributed by atoms with Crippen molar-refractivity contribution in [1.82, 2.24) is 9.62 Å². The van der Waals surface area contributed by atoms with Gasteiger partial charge in [-0.25, -0.2) is 9.03 Å². The Kier molecular flexibility index (Phi) is 7.32. The van der Waals surface area contributed by atoms with Gasteiger partial charge in [0, 0.05) is 14.1 Å². The largest absolute Gasteiger partial charge is 0.507 e. The highest BCUT2D eigenvalue weighted by atomic mass is 32.2. The molecule has 2 amide bonds. The summed E-state index contributed by atoms with van der Waals surface area (Å²) in [4.78, 5) is 25.1. The minimum absolute atomic E-state index is 0.0659. The summed E-state index contributed by atoms with van der Waals surface area (Å²) in [7, 11) is -0.797. The van der Waals surface area contributed by atoms with Gasteiger partial charge in [-0.15, -0.1) is 0 Å². The summed E-state index contributed by atoms with van der Waals surface area (Å²) >= 11 is 0. The van der Waals surface area contributed by atoms with Crippen molar-refractivity contribution in [2.75, 3.05) is 31.6 Å². The van der Waals surface area contributed by atoms with E-state index in [1.807, 2.05) is 4.72 Å². The van der Waals surface area contributed by atoms with E-state index in [0.717, 1.165) is 22.7 Å². The third-order valence-corrected chi connectivity index (χ3v) is 6.51. The molecule has 178 valence electrons. The molecule has 0 unspecified atom stereocenters. The van der Waals surface area contributed by atoms with Crippen LogP contribution in [0.15, 0.2) is 36.4 Å². The molecule has 0 aromatic heterocycles. The Morgan fingerprint density at radius 2 is 1.88 bits per heavy atom. The Morgan fingerprint density at radius 3 is 2.55 bits per heavy atom. The predicted octanol–water partition coefficient (Wildman–Crippen LogP) is 1.77. The van der Waals surface area contributed by atoms with Gasteiger partial charge in [-0.05, 0) is 55.5 Å². The van der Waals surface area contributed by atoms with Crippen molar-refractivity contribution in [2.45, 2.75) is 25.7 Å². The summed E-state index contributed by atoms with van der Waals surface area (Å²) in [5.41, 5.74) is 1.02. The first-order valence-electron chi connectivity index (χ1n) is 10.4. The molecule has 1 aliphatic heterocycles. The molecule has 0 aliphatic carbocycles. The molecule has 1 heterocycles.